The fourth-order valence-corrected chi connectivity index (χ4v) is 1.71. The number of hydrogen-bond donors (Lipinski definition) is 2. The van der Waals surface area contributed by atoms with Gasteiger partial charge in [0.15, 0.2) is 0 Å². The van der Waals surface area contributed by atoms with Crippen LogP contribution in [0.3, 0.4) is 0 Å². The molecule has 0 aromatic rings. The summed E-state index contributed by atoms with van der Waals surface area (Å²) in [7, 11) is 0. The summed E-state index contributed by atoms with van der Waals surface area (Å²) >= 11 is 12.1. The van der Waals surface area contributed by atoms with Crippen molar-refractivity contribution in [2.45, 2.75) is 5.00 Å². The standard InChI is InChI=1S/C4H3Cl2NO2S.ClH/c5-2-1-10-7-4(2,6)3(8)9;/h1,7H,(H,8,9);1H. The second kappa shape index (κ2) is 3.87. The minimum absolute atomic E-state index is 0. The lowest BCUT2D eigenvalue weighted by Crippen LogP contribution is -2.40. The Labute approximate surface area is 83.7 Å². The zero-order valence-corrected chi connectivity index (χ0v) is 8.15. The Balaban J connectivity index is 0.000001000. The largest absolute Gasteiger partial charge is 0.479 e. The molecule has 7 heteroatoms. The van der Waals surface area contributed by atoms with Crippen molar-refractivity contribution in [2.24, 2.45) is 0 Å². The van der Waals surface area contributed by atoms with Gasteiger partial charge in [0.2, 0.25) is 5.00 Å². The summed E-state index contributed by atoms with van der Waals surface area (Å²) in [6.07, 6.45) is 0. The van der Waals surface area contributed by atoms with E-state index >= 15 is 0 Å². The second-order valence-corrected chi connectivity index (χ2v) is 3.30. The minimum atomic E-state index is -1.62. The van der Waals surface area contributed by atoms with Crippen LogP contribution in [0.15, 0.2) is 10.4 Å². The van der Waals surface area contributed by atoms with E-state index in [0.29, 0.717) is 0 Å². The molecule has 0 spiro atoms. The molecule has 1 atom stereocenters. The summed E-state index contributed by atoms with van der Waals surface area (Å²) in [4.78, 5) is 8.78. The molecule has 0 aromatic heterocycles. The normalized spacial score (nSPS) is 29.1. The van der Waals surface area contributed by atoms with Crippen molar-refractivity contribution < 1.29 is 9.90 Å². The smallest absolute Gasteiger partial charge is 0.346 e. The molecule has 1 rings (SSSR count). The van der Waals surface area contributed by atoms with Gasteiger partial charge >= 0.3 is 5.97 Å². The van der Waals surface area contributed by atoms with Crippen molar-refractivity contribution in [1.29, 1.82) is 0 Å². The molecule has 2 N–H and O–H groups in total. The third-order valence-corrected chi connectivity index (χ3v) is 2.95. The van der Waals surface area contributed by atoms with Crippen molar-refractivity contribution in [2.75, 3.05) is 0 Å². The van der Waals surface area contributed by atoms with E-state index in [1.807, 2.05) is 0 Å². The van der Waals surface area contributed by atoms with Gasteiger partial charge in [-0.2, -0.15) is 0 Å². The Kier molecular flexibility index (Phi) is 4.00. The van der Waals surface area contributed by atoms with Crippen LogP contribution < -0.4 is 4.72 Å². The number of nitrogens with one attached hydrogen (secondary N) is 1. The van der Waals surface area contributed by atoms with Crippen LogP contribution in [0.2, 0.25) is 0 Å². The monoisotopic (exact) mass is 235 g/mol. The third-order valence-electron chi connectivity index (χ3n) is 0.986. The Hall–Kier alpha value is 0.390. The summed E-state index contributed by atoms with van der Waals surface area (Å²) in [5.41, 5.74) is 0. The average Bonchev–Trinajstić information content (AvgIpc) is 2.15. The van der Waals surface area contributed by atoms with Gasteiger partial charge < -0.3 is 5.11 Å². The highest BCUT2D eigenvalue weighted by atomic mass is 35.5. The van der Waals surface area contributed by atoms with Gasteiger partial charge in [-0.3, -0.25) is 0 Å². The van der Waals surface area contributed by atoms with E-state index in [1.54, 1.807) is 0 Å². The van der Waals surface area contributed by atoms with Crippen molar-refractivity contribution in [3.05, 3.63) is 10.4 Å². The Morgan fingerprint density at radius 1 is 1.82 bits per heavy atom. The van der Waals surface area contributed by atoms with E-state index in [4.69, 9.17) is 28.3 Å². The van der Waals surface area contributed by atoms with Crippen LogP contribution in [0.25, 0.3) is 0 Å². The van der Waals surface area contributed by atoms with Gasteiger partial charge in [0.05, 0.1) is 5.03 Å². The Morgan fingerprint density at radius 2 is 2.36 bits per heavy atom. The molecule has 1 unspecified atom stereocenters. The molecule has 0 radical (unpaired) electrons. The quantitative estimate of drug-likeness (QED) is 0.414. The Bertz CT molecular complexity index is 210. The topological polar surface area (TPSA) is 49.3 Å². The number of rotatable bonds is 1. The molecule has 0 amide bonds. The highest BCUT2D eigenvalue weighted by molar-refractivity contribution is 8.00. The van der Waals surface area contributed by atoms with E-state index in [2.05, 4.69) is 4.72 Å². The lowest BCUT2D eigenvalue weighted by Gasteiger charge is -2.14. The average molecular weight is 237 g/mol. The van der Waals surface area contributed by atoms with Gasteiger partial charge in [-0.1, -0.05) is 23.2 Å². The first-order valence-electron chi connectivity index (χ1n) is 2.28. The van der Waals surface area contributed by atoms with Crippen LogP contribution in [0.1, 0.15) is 0 Å². The maximum Gasteiger partial charge on any atom is 0.346 e. The van der Waals surface area contributed by atoms with Gasteiger partial charge in [-0.15, -0.1) is 12.4 Å². The zero-order valence-electron chi connectivity index (χ0n) is 5.01. The highest BCUT2D eigenvalue weighted by Crippen LogP contribution is 2.35. The van der Waals surface area contributed by atoms with Gasteiger partial charge in [0, 0.05) is 5.41 Å². The van der Waals surface area contributed by atoms with Crippen molar-refractivity contribution >= 4 is 53.5 Å². The number of alkyl halides is 1. The highest BCUT2D eigenvalue weighted by Gasteiger charge is 2.42. The molecule has 1 aliphatic heterocycles. The second-order valence-electron chi connectivity index (χ2n) is 1.65. The van der Waals surface area contributed by atoms with Crippen LogP contribution in [-0.2, 0) is 4.79 Å². The fraction of sp³-hybridized carbons (Fsp3) is 0.250. The van der Waals surface area contributed by atoms with Gasteiger partial charge in [0.1, 0.15) is 0 Å². The molecule has 64 valence electrons. The molecule has 0 fully saturated rings. The molecule has 0 saturated heterocycles. The number of carboxylic acids is 1. The molecule has 1 heterocycles. The number of halogens is 3. The van der Waals surface area contributed by atoms with Crippen LogP contribution in [0.5, 0.6) is 0 Å². The molecular formula is C4H4Cl3NO2S. The van der Waals surface area contributed by atoms with Gasteiger partial charge in [-0.25, -0.2) is 9.52 Å². The predicted octanol–water partition coefficient (Wildman–Crippen LogP) is 1.76. The van der Waals surface area contributed by atoms with Crippen molar-refractivity contribution in [1.82, 2.24) is 4.72 Å². The molecule has 11 heavy (non-hydrogen) atoms. The number of hydrogen-bond acceptors (Lipinski definition) is 3. The Morgan fingerprint density at radius 3 is 2.55 bits per heavy atom. The van der Waals surface area contributed by atoms with Crippen LogP contribution in [0, 0.1) is 0 Å². The van der Waals surface area contributed by atoms with Gasteiger partial charge in [0.25, 0.3) is 0 Å². The molecule has 0 bridgehead atoms. The lowest BCUT2D eigenvalue weighted by molar-refractivity contribution is -0.139. The van der Waals surface area contributed by atoms with Crippen molar-refractivity contribution in [3.63, 3.8) is 0 Å². The molecular weight excluding hydrogens is 232 g/mol. The van der Waals surface area contributed by atoms with Crippen LogP contribution >= 0.6 is 47.6 Å². The number of aliphatic carboxylic acids is 1. The summed E-state index contributed by atoms with van der Waals surface area (Å²) in [6.45, 7) is 0. The molecule has 1 aliphatic rings. The fourth-order valence-electron chi connectivity index (χ4n) is 0.438. The van der Waals surface area contributed by atoms with Gasteiger partial charge in [-0.05, 0) is 11.9 Å². The first-order chi connectivity index (χ1) is 4.57. The van der Waals surface area contributed by atoms with Crippen LogP contribution in [-0.4, -0.2) is 16.1 Å². The first-order valence-corrected chi connectivity index (χ1v) is 3.92. The SMILES string of the molecule is Cl.O=C(O)C1(Cl)NSC=C1Cl. The summed E-state index contributed by atoms with van der Waals surface area (Å²) in [6, 6.07) is 0. The van der Waals surface area contributed by atoms with E-state index in [-0.39, 0.29) is 17.4 Å². The van der Waals surface area contributed by atoms with E-state index in [1.165, 1.54) is 5.41 Å². The summed E-state index contributed by atoms with van der Waals surface area (Å²) < 4.78 is 2.44. The lowest BCUT2D eigenvalue weighted by atomic mass is 10.3. The summed E-state index contributed by atoms with van der Waals surface area (Å²) in [5, 5.41) is 10.0. The van der Waals surface area contributed by atoms with E-state index < -0.39 is 11.0 Å². The van der Waals surface area contributed by atoms with Crippen LogP contribution in [0.4, 0.5) is 0 Å². The number of carbonyl (C=O) groups is 1. The summed E-state index contributed by atoms with van der Waals surface area (Å²) in [5.74, 6) is -1.19. The van der Waals surface area contributed by atoms with Crippen molar-refractivity contribution in [3.8, 4) is 0 Å². The molecule has 3 nitrogen and oxygen atoms in total. The van der Waals surface area contributed by atoms with E-state index in [0.717, 1.165) is 11.9 Å². The van der Waals surface area contributed by atoms with E-state index in [9.17, 15) is 4.79 Å². The first kappa shape index (κ1) is 11.4. The zero-order chi connectivity index (χ0) is 7.78. The molecule has 0 aromatic carbocycles. The third kappa shape index (κ3) is 1.95. The maximum absolute atomic E-state index is 10.4. The predicted molar refractivity (Wildman–Crippen MR) is 48.1 cm³/mol. The maximum atomic E-state index is 10.4. The molecule has 0 aliphatic carbocycles. The number of carboxylic acid groups (broad SMARTS) is 1. The molecule has 0 saturated carbocycles. The minimum Gasteiger partial charge on any atom is -0.479 e.